The van der Waals surface area contributed by atoms with Crippen LogP contribution in [0.1, 0.15) is 5.56 Å². The first-order chi connectivity index (χ1) is 14.9. The summed E-state index contributed by atoms with van der Waals surface area (Å²) in [5.41, 5.74) is 4.41. The molecule has 0 saturated carbocycles. The molecule has 0 atom stereocenters. The minimum atomic E-state index is -0.348. The summed E-state index contributed by atoms with van der Waals surface area (Å²) in [6, 6.07) is 13.8. The van der Waals surface area contributed by atoms with E-state index in [9.17, 15) is 9.18 Å². The van der Waals surface area contributed by atoms with Gasteiger partial charge in [-0.05, 0) is 31.2 Å². The number of aryl methyl sites for hydroxylation is 2. The molecule has 158 valence electrons. The Kier molecular flexibility index (Phi) is 5.85. The van der Waals surface area contributed by atoms with Crippen molar-refractivity contribution in [2.45, 2.75) is 12.1 Å². The predicted molar refractivity (Wildman–Crippen MR) is 119 cm³/mol. The van der Waals surface area contributed by atoms with Crippen LogP contribution in [0.15, 0.2) is 59.9 Å². The van der Waals surface area contributed by atoms with E-state index in [2.05, 4.69) is 20.6 Å². The number of nitrogens with zero attached hydrogens (tertiary/aromatic N) is 5. The summed E-state index contributed by atoms with van der Waals surface area (Å²) in [5, 5.41) is 16.5. The van der Waals surface area contributed by atoms with Crippen molar-refractivity contribution in [1.29, 1.82) is 0 Å². The zero-order chi connectivity index (χ0) is 22.0. The van der Waals surface area contributed by atoms with E-state index in [0.29, 0.717) is 16.7 Å². The van der Waals surface area contributed by atoms with Crippen molar-refractivity contribution >= 4 is 23.4 Å². The molecule has 2 heterocycles. The summed E-state index contributed by atoms with van der Waals surface area (Å²) in [5.74, 6) is 0.272. The van der Waals surface area contributed by atoms with Gasteiger partial charge in [0, 0.05) is 31.5 Å². The lowest BCUT2D eigenvalue weighted by Crippen LogP contribution is -2.14. The minimum Gasteiger partial charge on any atom is -0.325 e. The Hall–Kier alpha value is -3.46. The molecule has 1 amide bonds. The van der Waals surface area contributed by atoms with Crippen molar-refractivity contribution in [3.05, 3.63) is 66.1 Å². The monoisotopic (exact) mass is 436 g/mol. The second-order valence-corrected chi connectivity index (χ2v) is 8.08. The molecule has 9 heteroatoms. The molecule has 2 aromatic heterocycles. The fourth-order valence-corrected chi connectivity index (χ4v) is 3.82. The van der Waals surface area contributed by atoms with E-state index in [4.69, 9.17) is 0 Å². The average Bonchev–Trinajstić information content (AvgIpc) is 3.31. The molecule has 0 spiro atoms. The smallest absolute Gasteiger partial charge is 0.234 e. The third-order valence-corrected chi connectivity index (χ3v) is 5.71. The van der Waals surface area contributed by atoms with Crippen LogP contribution in [-0.4, -0.2) is 36.2 Å². The maximum atomic E-state index is 13.0. The molecule has 31 heavy (non-hydrogen) atoms. The van der Waals surface area contributed by atoms with Crippen molar-refractivity contribution in [2.24, 2.45) is 14.1 Å². The van der Waals surface area contributed by atoms with Gasteiger partial charge in [0.1, 0.15) is 11.5 Å². The number of rotatable bonds is 6. The van der Waals surface area contributed by atoms with Gasteiger partial charge in [0.25, 0.3) is 0 Å². The third-order valence-electron chi connectivity index (χ3n) is 4.69. The zero-order valence-electron chi connectivity index (χ0n) is 17.3. The highest BCUT2D eigenvalue weighted by Crippen LogP contribution is 2.31. The highest BCUT2D eigenvalue weighted by Gasteiger charge is 2.19. The molecule has 1 N–H and O–H groups in total. The molecule has 0 bridgehead atoms. The number of anilines is 1. The Morgan fingerprint density at radius 1 is 1.06 bits per heavy atom. The lowest BCUT2D eigenvalue weighted by Gasteiger charge is -2.06. The van der Waals surface area contributed by atoms with Gasteiger partial charge in [0.15, 0.2) is 11.0 Å². The van der Waals surface area contributed by atoms with Crippen molar-refractivity contribution in [1.82, 2.24) is 24.5 Å². The van der Waals surface area contributed by atoms with Crippen LogP contribution >= 0.6 is 11.8 Å². The lowest BCUT2D eigenvalue weighted by atomic mass is 10.1. The average molecular weight is 437 g/mol. The van der Waals surface area contributed by atoms with Gasteiger partial charge in [0.2, 0.25) is 5.91 Å². The third kappa shape index (κ3) is 4.66. The molecule has 0 fully saturated rings. The van der Waals surface area contributed by atoms with E-state index in [1.807, 2.05) is 56.0 Å². The quantitative estimate of drug-likeness (QED) is 0.461. The van der Waals surface area contributed by atoms with Crippen LogP contribution in [0.5, 0.6) is 0 Å². The van der Waals surface area contributed by atoms with Gasteiger partial charge < -0.3 is 9.88 Å². The van der Waals surface area contributed by atoms with Crippen LogP contribution in [0.25, 0.3) is 22.6 Å². The Morgan fingerprint density at radius 3 is 2.48 bits per heavy atom. The summed E-state index contributed by atoms with van der Waals surface area (Å²) in [6.45, 7) is 2.04. The second kappa shape index (κ2) is 8.73. The first kappa shape index (κ1) is 20.8. The molecule has 0 radical (unpaired) electrons. The molecule has 4 aromatic rings. The summed E-state index contributed by atoms with van der Waals surface area (Å²) in [7, 11) is 3.73. The van der Waals surface area contributed by atoms with Gasteiger partial charge in [-0.1, -0.05) is 41.6 Å². The second-order valence-electron chi connectivity index (χ2n) is 7.14. The Morgan fingerprint density at radius 2 is 1.77 bits per heavy atom. The van der Waals surface area contributed by atoms with Gasteiger partial charge >= 0.3 is 0 Å². The largest absolute Gasteiger partial charge is 0.325 e. The van der Waals surface area contributed by atoms with Crippen LogP contribution in [-0.2, 0) is 18.9 Å². The fraction of sp³-hybridized carbons (Fsp3) is 0.182. The van der Waals surface area contributed by atoms with E-state index in [0.717, 1.165) is 16.8 Å². The normalized spacial score (nSPS) is 11.0. The van der Waals surface area contributed by atoms with Crippen molar-refractivity contribution < 1.29 is 9.18 Å². The predicted octanol–water partition coefficient (Wildman–Crippen LogP) is 4.06. The Balaban J connectivity index is 1.50. The van der Waals surface area contributed by atoms with Gasteiger partial charge in [-0.3, -0.25) is 9.48 Å². The molecule has 0 saturated heterocycles. The molecule has 0 aliphatic heterocycles. The highest BCUT2D eigenvalue weighted by atomic mass is 32.2. The summed E-state index contributed by atoms with van der Waals surface area (Å²) < 4.78 is 16.6. The number of halogens is 1. The molecular formula is C22H21FN6OS. The standard InChI is InChI=1S/C22H21FN6OS/c1-14-4-6-15(7-5-14)20-18(12-28(2)27-20)21-25-26-22(29(21)3)31-13-19(30)24-17-10-8-16(23)9-11-17/h4-12H,13H2,1-3H3,(H,24,30). The van der Waals surface area contributed by atoms with Crippen LogP contribution < -0.4 is 5.32 Å². The molecule has 0 aliphatic carbocycles. The van der Waals surface area contributed by atoms with Gasteiger partial charge in [0.05, 0.1) is 11.3 Å². The Labute approximate surface area is 183 Å². The molecule has 0 unspecified atom stereocenters. The number of thioether (sulfide) groups is 1. The first-order valence-electron chi connectivity index (χ1n) is 9.59. The maximum absolute atomic E-state index is 13.0. The molecule has 2 aromatic carbocycles. The molecule has 0 aliphatic rings. The SMILES string of the molecule is Cc1ccc(-c2nn(C)cc2-c2nnc(SCC(=O)Nc3ccc(F)cc3)n2C)cc1. The van der Waals surface area contributed by atoms with Crippen LogP contribution in [0.3, 0.4) is 0 Å². The number of nitrogens with one attached hydrogen (secondary N) is 1. The van der Waals surface area contributed by atoms with E-state index in [-0.39, 0.29) is 17.5 Å². The maximum Gasteiger partial charge on any atom is 0.234 e. The number of hydrogen-bond acceptors (Lipinski definition) is 5. The van der Waals surface area contributed by atoms with Gasteiger partial charge in [-0.15, -0.1) is 10.2 Å². The van der Waals surface area contributed by atoms with E-state index in [1.165, 1.54) is 41.6 Å². The number of carbonyl (C=O) groups is 1. The zero-order valence-corrected chi connectivity index (χ0v) is 18.2. The highest BCUT2D eigenvalue weighted by molar-refractivity contribution is 7.99. The number of carbonyl (C=O) groups excluding carboxylic acids is 1. The fourth-order valence-electron chi connectivity index (χ4n) is 3.11. The molecule has 4 rings (SSSR count). The number of aromatic nitrogens is 5. The number of amides is 1. The summed E-state index contributed by atoms with van der Waals surface area (Å²) >= 11 is 1.28. The van der Waals surface area contributed by atoms with E-state index in [1.54, 1.807) is 4.68 Å². The number of hydrogen-bond donors (Lipinski definition) is 1. The van der Waals surface area contributed by atoms with Crippen LogP contribution in [0, 0.1) is 12.7 Å². The lowest BCUT2D eigenvalue weighted by molar-refractivity contribution is -0.113. The summed E-state index contributed by atoms with van der Waals surface area (Å²) in [6.07, 6.45) is 1.91. The van der Waals surface area contributed by atoms with Gasteiger partial charge in [-0.25, -0.2) is 4.39 Å². The van der Waals surface area contributed by atoms with Crippen molar-refractivity contribution in [2.75, 3.05) is 11.1 Å². The number of benzene rings is 2. The van der Waals surface area contributed by atoms with Crippen LogP contribution in [0.4, 0.5) is 10.1 Å². The molecule has 7 nitrogen and oxygen atoms in total. The van der Waals surface area contributed by atoms with Crippen LogP contribution in [0.2, 0.25) is 0 Å². The minimum absolute atomic E-state index is 0.154. The van der Waals surface area contributed by atoms with E-state index >= 15 is 0 Å². The van der Waals surface area contributed by atoms with Crippen molar-refractivity contribution in [3.63, 3.8) is 0 Å². The van der Waals surface area contributed by atoms with Crippen molar-refractivity contribution in [3.8, 4) is 22.6 Å². The van der Waals surface area contributed by atoms with E-state index < -0.39 is 0 Å². The first-order valence-corrected chi connectivity index (χ1v) is 10.6. The molecular weight excluding hydrogens is 415 g/mol. The van der Waals surface area contributed by atoms with Gasteiger partial charge in [-0.2, -0.15) is 5.10 Å². The summed E-state index contributed by atoms with van der Waals surface area (Å²) in [4.78, 5) is 12.2. The Bertz CT molecular complexity index is 1210. The topological polar surface area (TPSA) is 77.6 Å².